The topological polar surface area (TPSA) is 92.3 Å². The van der Waals surface area contributed by atoms with E-state index < -0.39 is 11.4 Å². The van der Waals surface area contributed by atoms with Gasteiger partial charge in [0.25, 0.3) is 0 Å². The van der Waals surface area contributed by atoms with Crippen molar-refractivity contribution in [1.82, 2.24) is 10.2 Å². The molecule has 4 saturated carbocycles. The number of carbonyl (C=O) groups excluding carboxylic acids is 1. The molecule has 0 unspecified atom stereocenters. The van der Waals surface area contributed by atoms with Crippen molar-refractivity contribution in [1.29, 1.82) is 0 Å². The van der Waals surface area contributed by atoms with Crippen LogP contribution in [0.3, 0.4) is 0 Å². The minimum atomic E-state index is -0.592. The second-order valence-electron chi connectivity index (χ2n) is 15.7. The Labute approximate surface area is 240 Å². The Hall–Kier alpha value is -2.11. The maximum absolute atomic E-state index is 13.0. The number of allylic oxidation sites excluding steroid dienone is 1. The quantitative estimate of drug-likeness (QED) is 0.302. The Balaban J connectivity index is 1.43. The Morgan fingerprint density at radius 1 is 1.00 bits per heavy atom. The molecular weight excluding hydrogens is 500 g/mol. The SMILES string of the molecule is C=C(C)[C@@H]1CC[C@]2(C(=O)O)CC[C@]3(C)[C@H](CC[C@@H]4[C@@]5(C)Cc6c(C(=O)OCC)n[nH]c6C(C)(C)[C@@H]5CC[C@]43C)[C@@H]12. The van der Waals surface area contributed by atoms with E-state index in [1.54, 1.807) is 0 Å². The molecule has 6 heteroatoms. The summed E-state index contributed by atoms with van der Waals surface area (Å²) < 4.78 is 5.42. The number of aliphatic carboxylic acids is 1. The zero-order chi connectivity index (χ0) is 29.0. The number of hydrogen-bond acceptors (Lipinski definition) is 4. The summed E-state index contributed by atoms with van der Waals surface area (Å²) in [5.41, 5.74) is 3.31. The van der Waals surface area contributed by atoms with Gasteiger partial charge in [-0.2, -0.15) is 5.10 Å². The minimum absolute atomic E-state index is 0.0212. The highest BCUT2D eigenvalue weighted by atomic mass is 16.5. The van der Waals surface area contributed by atoms with Gasteiger partial charge in [0.05, 0.1) is 12.0 Å². The summed E-state index contributed by atoms with van der Waals surface area (Å²) in [5, 5.41) is 18.4. The highest BCUT2D eigenvalue weighted by molar-refractivity contribution is 5.89. The van der Waals surface area contributed by atoms with Crippen molar-refractivity contribution in [3.63, 3.8) is 0 Å². The van der Waals surface area contributed by atoms with Crippen molar-refractivity contribution >= 4 is 11.9 Å². The van der Waals surface area contributed by atoms with Crippen LogP contribution >= 0.6 is 0 Å². The average Bonchev–Trinajstić information content (AvgIpc) is 3.47. The molecule has 0 bridgehead atoms. The maximum atomic E-state index is 13.0. The minimum Gasteiger partial charge on any atom is -0.481 e. The fourth-order valence-corrected chi connectivity index (χ4v) is 12.3. The number of ether oxygens (including phenoxy) is 1. The smallest absolute Gasteiger partial charge is 0.359 e. The predicted octanol–water partition coefficient (Wildman–Crippen LogP) is 7.34. The summed E-state index contributed by atoms with van der Waals surface area (Å²) in [6.45, 7) is 21.0. The van der Waals surface area contributed by atoms with Gasteiger partial charge in [-0.15, -0.1) is 0 Å². The van der Waals surface area contributed by atoms with Crippen LogP contribution in [-0.2, 0) is 21.4 Å². The molecule has 0 amide bonds. The van der Waals surface area contributed by atoms with Crippen molar-refractivity contribution in [2.45, 2.75) is 112 Å². The van der Waals surface area contributed by atoms with Gasteiger partial charge in [0, 0.05) is 16.7 Å². The molecule has 0 aliphatic heterocycles. The van der Waals surface area contributed by atoms with Crippen LogP contribution in [0, 0.1) is 51.2 Å². The summed E-state index contributed by atoms with van der Waals surface area (Å²) >= 11 is 0. The number of rotatable bonds is 4. The zero-order valence-electron chi connectivity index (χ0n) is 25.8. The predicted molar refractivity (Wildman–Crippen MR) is 155 cm³/mol. The van der Waals surface area contributed by atoms with Crippen LogP contribution in [0.2, 0.25) is 0 Å². The first-order chi connectivity index (χ1) is 18.7. The van der Waals surface area contributed by atoms with Crippen LogP contribution in [0.15, 0.2) is 12.2 Å². The van der Waals surface area contributed by atoms with Gasteiger partial charge in [-0.1, -0.05) is 46.8 Å². The van der Waals surface area contributed by atoms with Crippen LogP contribution in [0.25, 0.3) is 0 Å². The maximum Gasteiger partial charge on any atom is 0.359 e. The lowest BCUT2D eigenvalue weighted by atomic mass is 9.32. The van der Waals surface area contributed by atoms with Gasteiger partial charge in [0.1, 0.15) is 0 Å². The van der Waals surface area contributed by atoms with E-state index in [2.05, 4.69) is 58.3 Å². The number of nitrogens with one attached hydrogen (secondary N) is 1. The second-order valence-corrected chi connectivity index (χ2v) is 15.7. The molecule has 0 radical (unpaired) electrons. The van der Waals surface area contributed by atoms with Crippen molar-refractivity contribution in [2.24, 2.45) is 51.2 Å². The molecule has 1 aromatic heterocycles. The molecule has 0 saturated heterocycles. The highest BCUT2D eigenvalue weighted by Crippen LogP contribution is 2.77. The van der Waals surface area contributed by atoms with Crippen molar-refractivity contribution in [3.05, 3.63) is 29.1 Å². The molecule has 0 spiro atoms. The van der Waals surface area contributed by atoms with E-state index in [-0.39, 0.29) is 33.5 Å². The normalized spacial score (nSPS) is 44.8. The first-order valence-corrected chi connectivity index (χ1v) is 15.8. The molecular formula is C34H50N2O4. The number of carboxylic acid groups (broad SMARTS) is 1. The van der Waals surface area contributed by atoms with E-state index in [1.807, 2.05) is 6.92 Å². The molecule has 5 aliphatic carbocycles. The molecule has 1 heterocycles. The lowest BCUT2D eigenvalue weighted by Gasteiger charge is -2.72. The molecule has 9 atom stereocenters. The van der Waals surface area contributed by atoms with Crippen molar-refractivity contribution in [2.75, 3.05) is 6.61 Å². The molecule has 220 valence electrons. The Bertz CT molecular complexity index is 1260. The van der Waals surface area contributed by atoms with Gasteiger partial charge >= 0.3 is 11.9 Å². The van der Waals surface area contributed by atoms with Gasteiger partial charge in [-0.3, -0.25) is 9.89 Å². The Kier molecular flexibility index (Phi) is 6.10. The Morgan fingerprint density at radius 2 is 1.73 bits per heavy atom. The van der Waals surface area contributed by atoms with Crippen molar-refractivity contribution in [3.8, 4) is 0 Å². The molecule has 4 fully saturated rings. The molecule has 2 N–H and O–H groups in total. The molecule has 6 nitrogen and oxygen atoms in total. The first-order valence-electron chi connectivity index (χ1n) is 15.8. The second kappa shape index (κ2) is 8.70. The largest absolute Gasteiger partial charge is 0.481 e. The van der Waals surface area contributed by atoms with E-state index in [0.29, 0.717) is 36.0 Å². The van der Waals surface area contributed by atoms with E-state index in [9.17, 15) is 14.7 Å². The third-order valence-corrected chi connectivity index (χ3v) is 14.2. The van der Waals surface area contributed by atoms with Gasteiger partial charge < -0.3 is 9.84 Å². The monoisotopic (exact) mass is 550 g/mol. The fraction of sp³-hybridized carbons (Fsp3) is 0.794. The van der Waals surface area contributed by atoms with E-state index in [4.69, 9.17) is 4.74 Å². The molecule has 40 heavy (non-hydrogen) atoms. The molecule has 0 aromatic carbocycles. The number of hydrogen-bond donors (Lipinski definition) is 2. The third kappa shape index (κ3) is 3.25. The number of nitrogens with zero attached hydrogens (tertiary/aromatic N) is 1. The first kappa shape index (κ1) is 28.0. The zero-order valence-corrected chi connectivity index (χ0v) is 25.8. The van der Waals surface area contributed by atoms with Gasteiger partial charge in [-0.05, 0) is 117 Å². The van der Waals surface area contributed by atoms with E-state index in [0.717, 1.165) is 62.6 Å². The number of carboxylic acids is 1. The fourth-order valence-electron chi connectivity index (χ4n) is 12.3. The van der Waals surface area contributed by atoms with Crippen LogP contribution in [0.4, 0.5) is 0 Å². The summed E-state index contributed by atoms with van der Waals surface area (Å²) in [7, 11) is 0. The Morgan fingerprint density at radius 3 is 2.38 bits per heavy atom. The lowest BCUT2D eigenvalue weighted by Crippen LogP contribution is -2.67. The summed E-state index contributed by atoms with van der Waals surface area (Å²) in [4.78, 5) is 25.9. The van der Waals surface area contributed by atoms with E-state index >= 15 is 0 Å². The molecule has 1 aromatic rings. The number of aromatic nitrogens is 2. The number of esters is 1. The summed E-state index contributed by atoms with van der Waals surface area (Å²) in [5.74, 6) is 0.983. The lowest BCUT2D eigenvalue weighted by molar-refractivity contribution is -0.227. The van der Waals surface area contributed by atoms with Crippen molar-refractivity contribution < 1.29 is 19.4 Å². The molecule has 6 rings (SSSR count). The van der Waals surface area contributed by atoms with Crippen LogP contribution in [0.5, 0.6) is 0 Å². The number of fused-ring (bicyclic) bond motifs is 8. The van der Waals surface area contributed by atoms with Gasteiger partial charge in [-0.25, -0.2) is 4.79 Å². The van der Waals surface area contributed by atoms with Gasteiger partial charge in [0.2, 0.25) is 0 Å². The van der Waals surface area contributed by atoms with E-state index in [1.165, 1.54) is 12.0 Å². The highest BCUT2D eigenvalue weighted by Gasteiger charge is 2.72. The van der Waals surface area contributed by atoms with Crippen LogP contribution in [-0.4, -0.2) is 33.8 Å². The van der Waals surface area contributed by atoms with Crippen LogP contribution < -0.4 is 0 Å². The summed E-state index contributed by atoms with van der Waals surface area (Å²) in [6, 6.07) is 0. The number of H-pyrrole nitrogens is 1. The number of aromatic amines is 1. The third-order valence-electron chi connectivity index (χ3n) is 14.2. The average molecular weight is 551 g/mol. The molecule has 5 aliphatic rings. The van der Waals surface area contributed by atoms with Gasteiger partial charge in [0.15, 0.2) is 5.69 Å². The summed E-state index contributed by atoms with van der Waals surface area (Å²) in [6.07, 6.45) is 8.92. The number of carbonyl (C=O) groups is 2. The van der Waals surface area contributed by atoms with Crippen LogP contribution in [0.1, 0.15) is 122 Å². The standard InChI is InChI=1S/C34H50N2O4/c1-9-40-28(37)26-21-18-31(6)23(30(4,5)27(21)36-35-26)13-14-33(8)24(31)11-10-22-25-20(19(2)3)12-15-34(25,29(38)39)17-16-32(22,33)7/h20,22-25H,2,9-18H2,1,3-8H3,(H,35,36)(H,38,39)/t20-,22+,23-,24+,25+,31-,32+,33+,34-/m0/s1.